The van der Waals surface area contributed by atoms with Gasteiger partial charge in [0.25, 0.3) is 0 Å². The summed E-state index contributed by atoms with van der Waals surface area (Å²) in [5.41, 5.74) is 0.913. The van der Waals surface area contributed by atoms with Gasteiger partial charge in [-0.15, -0.1) is 0 Å². The monoisotopic (exact) mass is 243 g/mol. The van der Waals surface area contributed by atoms with E-state index in [4.69, 9.17) is 4.74 Å². The van der Waals surface area contributed by atoms with Crippen LogP contribution in [0.3, 0.4) is 0 Å². The Bertz CT molecular complexity index is 550. The van der Waals surface area contributed by atoms with Gasteiger partial charge >= 0.3 is 0 Å². The number of aromatic nitrogens is 2. The number of ether oxygens (including phenoxy) is 1. The fraction of sp³-hybridized carbons (Fsp3) is 0.429. The standard InChI is InChI=1S/C14H17N3O/c1-18-12-4-2-3-11-9-16-13(17-14(11)12)7-10-5-6-15-8-10/h2-4,9-10,15H,5-8H2,1H3. The fourth-order valence-electron chi connectivity index (χ4n) is 2.48. The summed E-state index contributed by atoms with van der Waals surface area (Å²) in [5.74, 6) is 2.40. The smallest absolute Gasteiger partial charge is 0.145 e. The third-order valence-electron chi connectivity index (χ3n) is 3.48. The Kier molecular flexibility index (Phi) is 3.11. The van der Waals surface area contributed by atoms with Crippen LogP contribution in [-0.4, -0.2) is 30.2 Å². The van der Waals surface area contributed by atoms with Gasteiger partial charge in [0.2, 0.25) is 0 Å². The lowest BCUT2D eigenvalue weighted by molar-refractivity contribution is 0.418. The van der Waals surface area contributed by atoms with Crippen molar-refractivity contribution in [1.29, 1.82) is 0 Å². The number of para-hydroxylation sites is 1. The molecule has 1 unspecified atom stereocenters. The molecule has 18 heavy (non-hydrogen) atoms. The Balaban J connectivity index is 1.93. The van der Waals surface area contributed by atoms with E-state index in [1.807, 2.05) is 24.4 Å². The first kappa shape index (κ1) is 11.4. The number of benzene rings is 1. The predicted molar refractivity (Wildman–Crippen MR) is 70.8 cm³/mol. The molecule has 3 rings (SSSR count). The molecule has 1 atom stereocenters. The average molecular weight is 243 g/mol. The van der Waals surface area contributed by atoms with Crippen molar-refractivity contribution in [2.75, 3.05) is 20.2 Å². The van der Waals surface area contributed by atoms with Crippen molar-refractivity contribution in [3.8, 4) is 5.75 Å². The lowest BCUT2D eigenvalue weighted by Crippen LogP contribution is -2.12. The molecule has 4 heteroatoms. The van der Waals surface area contributed by atoms with Crippen LogP contribution in [0.15, 0.2) is 24.4 Å². The molecule has 1 aliphatic rings. The third-order valence-corrected chi connectivity index (χ3v) is 3.48. The lowest BCUT2D eigenvalue weighted by Gasteiger charge is -2.09. The van der Waals surface area contributed by atoms with E-state index in [0.29, 0.717) is 5.92 Å². The van der Waals surface area contributed by atoms with Crippen LogP contribution in [0.1, 0.15) is 12.2 Å². The van der Waals surface area contributed by atoms with Gasteiger partial charge in [0.1, 0.15) is 17.1 Å². The van der Waals surface area contributed by atoms with E-state index in [-0.39, 0.29) is 0 Å². The number of rotatable bonds is 3. The van der Waals surface area contributed by atoms with Crippen molar-refractivity contribution in [3.63, 3.8) is 0 Å². The Morgan fingerprint density at radius 3 is 3.17 bits per heavy atom. The summed E-state index contributed by atoms with van der Waals surface area (Å²) >= 11 is 0. The van der Waals surface area contributed by atoms with Crippen molar-refractivity contribution < 1.29 is 4.74 Å². The zero-order valence-corrected chi connectivity index (χ0v) is 10.5. The number of fused-ring (bicyclic) bond motifs is 1. The van der Waals surface area contributed by atoms with Gasteiger partial charge in [-0.25, -0.2) is 9.97 Å². The van der Waals surface area contributed by atoms with Gasteiger partial charge in [-0.05, 0) is 31.5 Å². The second-order valence-corrected chi connectivity index (χ2v) is 4.75. The molecule has 2 aromatic rings. The van der Waals surface area contributed by atoms with Crippen molar-refractivity contribution in [2.24, 2.45) is 5.92 Å². The van der Waals surface area contributed by atoms with Crippen LogP contribution in [0, 0.1) is 5.92 Å². The molecule has 1 aromatic carbocycles. The van der Waals surface area contributed by atoms with E-state index in [0.717, 1.165) is 42.0 Å². The molecule has 0 spiro atoms. The molecule has 1 fully saturated rings. The van der Waals surface area contributed by atoms with Crippen molar-refractivity contribution in [3.05, 3.63) is 30.2 Å². The molecule has 1 N–H and O–H groups in total. The molecule has 0 saturated carbocycles. The van der Waals surface area contributed by atoms with Gasteiger partial charge in [-0.2, -0.15) is 0 Å². The second kappa shape index (κ2) is 4.90. The molecule has 0 bridgehead atoms. The summed E-state index contributed by atoms with van der Waals surface area (Å²) in [6.45, 7) is 2.19. The zero-order chi connectivity index (χ0) is 12.4. The first-order valence-electron chi connectivity index (χ1n) is 6.36. The first-order chi connectivity index (χ1) is 8.86. The minimum atomic E-state index is 0.664. The van der Waals surface area contributed by atoms with Gasteiger partial charge in [-0.1, -0.05) is 12.1 Å². The largest absolute Gasteiger partial charge is 0.494 e. The molecule has 1 aromatic heterocycles. The Morgan fingerprint density at radius 1 is 1.44 bits per heavy atom. The molecular weight excluding hydrogens is 226 g/mol. The highest BCUT2D eigenvalue weighted by atomic mass is 16.5. The summed E-state index contributed by atoms with van der Waals surface area (Å²) < 4.78 is 5.35. The SMILES string of the molecule is COc1cccc2cnc(CC3CCNC3)nc12. The average Bonchev–Trinajstić information content (AvgIpc) is 2.91. The van der Waals surface area contributed by atoms with Crippen LogP contribution in [0.25, 0.3) is 10.9 Å². The Labute approximate surface area is 106 Å². The highest BCUT2D eigenvalue weighted by molar-refractivity contribution is 5.83. The van der Waals surface area contributed by atoms with E-state index < -0.39 is 0 Å². The van der Waals surface area contributed by atoms with Gasteiger partial charge in [0.05, 0.1) is 7.11 Å². The van der Waals surface area contributed by atoms with Crippen LogP contribution in [0.2, 0.25) is 0 Å². The molecular formula is C14H17N3O. The summed E-state index contributed by atoms with van der Waals surface area (Å²) in [7, 11) is 1.68. The third kappa shape index (κ3) is 2.16. The molecule has 0 aliphatic carbocycles. The van der Waals surface area contributed by atoms with E-state index in [1.165, 1.54) is 6.42 Å². The summed E-state index contributed by atoms with van der Waals surface area (Å²) in [4.78, 5) is 9.10. The fourth-order valence-corrected chi connectivity index (χ4v) is 2.48. The van der Waals surface area contributed by atoms with Crippen molar-refractivity contribution in [1.82, 2.24) is 15.3 Å². The minimum Gasteiger partial charge on any atom is -0.494 e. The second-order valence-electron chi connectivity index (χ2n) is 4.75. The van der Waals surface area contributed by atoms with Crippen LogP contribution in [-0.2, 0) is 6.42 Å². The van der Waals surface area contributed by atoms with Crippen LogP contribution >= 0.6 is 0 Å². The van der Waals surface area contributed by atoms with Gasteiger partial charge < -0.3 is 10.1 Å². The maximum absolute atomic E-state index is 5.35. The lowest BCUT2D eigenvalue weighted by atomic mass is 10.0. The molecule has 94 valence electrons. The van der Waals surface area contributed by atoms with Gasteiger partial charge in [0, 0.05) is 18.0 Å². The maximum atomic E-state index is 5.35. The maximum Gasteiger partial charge on any atom is 0.145 e. The summed E-state index contributed by atoms with van der Waals surface area (Å²) in [5, 5.41) is 4.40. The first-order valence-corrected chi connectivity index (χ1v) is 6.36. The van der Waals surface area contributed by atoms with E-state index >= 15 is 0 Å². The summed E-state index contributed by atoms with van der Waals surface area (Å²) in [6, 6.07) is 5.92. The van der Waals surface area contributed by atoms with E-state index in [9.17, 15) is 0 Å². The Hall–Kier alpha value is -1.68. The number of methoxy groups -OCH3 is 1. The predicted octanol–water partition coefficient (Wildman–Crippen LogP) is 1.79. The minimum absolute atomic E-state index is 0.664. The summed E-state index contributed by atoms with van der Waals surface area (Å²) in [6.07, 6.45) is 4.05. The zero-order valence-electron chi connectivity index (χ0n) is 10.5. The van der Waals surface area contributed by atoms with E-state index in [1.54, 1.807) is 7.11 Å². The Morgan fingerprint density at radius 2 is 2.39 bits per heavy atom. The molecule has 0 amide bonds. The number of hydrogen-bond acceptors (Lipinski definition) is 4. The van der Waals surface area contributed by atoms with Crippen LogP contribution < -0.4 is 10.1 Å². The quantitative estimate of drug-likeness (QED) is 0.892. The van der Waals surface area contributed by atoms with Crippen LogP contribution in [0.4, 0.5) is 0 Å². The van der Waals surface area contributed by atoms with E-state index in [2.05, 4.69) is 15.3 Å². The molecule has 1 saturated heterocycles. The molecule has 0 radical (unpaired) electrons. The molecule has 1 aliphatic heterocycles. The topological polar surface area (TPSA) is 47.0 Å². The highest BCUT2D eigenvalue weighted by Gasteiger charge is 2.16. The van der Waals surface area contributed by atoms with Crippen LogP contribution in [0.5, 0.6) is 5.75 Å². The van der Waals surface area contributed by atoms with Crippen molar-refractivity contribution in [2.45, 2.75) is 12.8 Å². The normalized spacial score (nSPS) is 19.3. The number of nitrogens with zero attached hydrogens (tertiary/aromatic N) is 2. The molecule has 4 nitrogen and oxygen atoms in total. The number of hydrogen-bond donors (Lipinski definition) is 1. The van der Waals surface area contributed by atoms with Crippen molar-refractivity contribution >= 4 is 10.9 Å². The molecule has 2 heterocycles. The van der Waals surface area contributed by atoms with Gasteiger partial charge in [0.15, 0.2) is 0 Å². The van der Waals surface area contributed by atoms with Gasteiger partial charge in [-0.3, -0.25) is 0 Å². The number of nitrogens with one attached hydrogen (secondary N) is 1. The highest BCUT2D eigenvalue weighted by Crippen LogP contribution is 2.23.